The fourth-order valence-corrected chi connectivity index (χ4v) is 4.92. The molecule has 1 amide bonds. The van der Waals surface area contributed by atoms with Gasteiger partial charge in [-0.3, -0.25) is 4.79 Å². The van der Waals surface area contributed by atoms with E-state index >= 15 is 0 Å². The van der Waals surface area contributed by atoms with Crippen molar-refractivity contribution in [2.75, 3.05) is 19.0 Å². The average Bonchev–Trinajstić information content (AvgIpc) is 2.85. The molecule has 0 spiro atoms. The van der Waals surface area contributed by atoms with E-state index in [0.717, 1.165) is 5.56 Å². The van der Waals surface area contributed by atoms with Gasteiger partial charge >= 0.3 is 10.1 Å². The number of anilines is 1. The van der Waals surface area contributed by atoms with E-state index in [2.05, 4.69) is 5.32 Å². The summed E-state index contributed by atoms with van der Waals surface area (Å²) in [5.74, 6) is 0.207. The lowest BCUT2D eigenvalue weighted by molar-refractivity contribution is -0.112. The molecule has 0 aromatic heterocycles. The molecular weight excluding hydrogens is 595 g/mol. The van der Waals surface area contributed by atoms with Crippen molar-refractivity contribution < 1.29 is 26.9 Å². The summed E-state index contributed by atoms with van der Waals surface area (Å²) >= 11 is 1.91. The number of nitrogens with zero attached hydrogens (tertiary/aromatic N) is 1. The smallest absolute Gasteiger partial charge is 0.339 e. The van der Waals surface area contributed by atoms with Gasteiger partial charge in [0.25, 0.3) is 5.91 Å². The Morgan fingerprint density at radius 3 is 2.36 bits per heavy atom. The molecule has 0 radical (unpaired) electrons. The lowest BCUT2D eigenvalue weighted by atomic mass is 10.1. The number of carbonyl (C=O) groups excluding carboxylic acids is 1. The van der Waals surface area contributed by atoms with Gasteiger partial charge in [-0.05, 0) is 96.6 Å². The summed E-state index contributed by atoms with van der Waals surface area (Å²) in [6, 6.07) is 18.0. The summed E-state index contributed by atoms with van der Waals surface area (Å²) in [6.45, 7) is 4.25. The fraction of sp³-hybridized carbons (Fsp3) is 0.154. The molecule has 0 aliphatic rings. The SMILES string of the molecule is CCOc1ccc(NC(=O)/C(C#N)=C/c2cc(I)c(OS(=O)(=O)c3ccc(C)cc3)c(OC)c2)cc1. The highest BCUT2D eigenvalue weighted by atomic mass is 127. The third-order valence-corrected chi connectivity index (χ3v) is 6.89. The second-order valence-corrected chi connectivity index (χ2v) is 10.2. The van der Waals surface area contributed by atoms with Crippen molar-refractivity contribution in [2.45, 2.75) is 18.7 Å². The molecule has 0 saturated heterocycles. The van der Waals surface area contributed by atoms with Crippen LogP contribution in [0.4, 0.5) is 5.69 Å². The minimum Gasteiger partial charge on any atom is -0.494 e. The number of aryl methyl sites for hydroxylation is 1. The van der Waals surface area contributed by atoms with Crippen LogP contribution in [0, 0.1) is 21.8 Å². The number of ether oxygens (including phenoxy) is 2. The van der Waals surface area contributed by atoms with Crippen molar-refractivity contribution in [3.05, 3.63) is 80.9 Å². The number of rotatable bonds is 9. The number of hydrogen-bond acceptors (Lipinski definition) is 7. The highest BCUT2D eigenvalue weighted by Crippen LogP contribution is 2.36. The molecule has 0 heterocycles. The van der Waals surface area contributed by atoms with Gasteiger partial charge in [-0.25, -0.2) is 0 Å². The first-order valence-electron chi connectivity index (χ1n) is 10.7. The van der Waals surface area contributed by atoms with E-state index in [4.69, 9.17) is 13.7 Å². The molecule has 3 aromatic rings. The van der Waals surface area contributed by atoms with Gasteiger partial charge in [0.05, 0.1) is 17.3 Å². The molecule has 0 aliphatic carbocycles. The predicted octanol–water partition coefficient (Wildman–Crippen LogP) is 5.32. The number of benzene rings is 3. The first-order valence-corrected chi connectivity index (χ1v) is 13.2. The van der Waals surface area contributed by atoms with Crippen LogP contribution in [0.3, 0.4) is 0 Å². The van der Waals surface area contributed by atoms with Gasteiger partial charge in [-0.1, -0.05) is 17.7 Å². The number of carbonyl (C=O) groups is 1. The summed E-state index contributed by atoms with van der Waals surface area (Å²) in [4.78, 5) is 12.7. The van der Waals surface area contributed by atoms with Crippen LogP contribution in [0.5, 0.6) is 17.2 Å². The first-order chi connectivity index (χ1) is 17.2. The topological polar surface area (TPSA) is 115 Å². The third kappa shape index (κ3) is 6.77. The van der Waals surface area contributed by atoms with Crippen molar-refractivity contribution in [2.24, 2.45) is 0 Å². The Kier molecular flexibility index (Phi) is 8.95. The van der Waals surface area contributed by atoms with E-state index in [1.165, 1.54) is 31.4 Å². The van der Waals surface area contributed by atoms with Gasteiger partial charge in [-0.2, -0.15) is 13.7 Å². The Labute approximate surface area is 223 Å². The number of nitrogens with one attached hydrogen (secondary N) is 1. The van der Waals surface area contributed by atoms with Crippen molar-refractivity contribution in [3.8, 4) is 23.3 Å². The molecule has 0 bridgehead atoms. The van der Waals surface area contributed by atoms with Crippen molar-refractivity contribution in [1.29, 1.82) is 5.26 Å². The molecule has 36 heavy (non-hydrogen) atoms. The summed E-state index contributed by atoms with van der Waals surface area (Å²) < 4.78 is 42.1. The molecule has 186 valence electrons. The molecule has 8 nitrogen and oxygen atoms in total. The van der Waals surface area contributed by atoms with Crippen molar-refractivity contribution in [1.82, 2.24) is 0 Å². The summed E-state index contributed by atoms with van der Waals surface area (Å²) in [5, 5.41) is 12.2. The second kappa shape index (κ2) is 11.9. The van der Waals surface area contributed by atoms with E-state index in [0.29, 0.717) is 27.2 Å². The number of nitriles is 1. The number of hydrogen-bond donors (Lipinski definition) is 1. The maximum atomic E-state index is 12.8. The number of halogens is 1. The van der Waals surface area contributed by atoms with Crippen LogP contribution in [0.2, 0.25) is 0 Å². The predicted molar refractivity (Wildman–Crippen MR) is 145 cm³/mol. The van der Waals surface area contributed by atoms with Crippen LogP contribution >= 0.6 is 22.6 Å². The molecule has 0 fully saturated rings. The normalized spacial score (nSPS) is 11.4. The zero-order valence-electron chi connectivity index (χ0n) is 19.7. The van der Waals surface area contributed by atoms with Crippen molar-refractivity contribution in [3.63, 3.8) is 0 Å². The molecule has 0 aliphatic heterocycles. The van der Waals surface area contributed by atoms with E-state index in [1.807, 2.05) is 42.5 Å². The summed E-state index contributed by atoms with van der Waals surface area (Å²) in [6.07, 6.45) is 1.38. The van der Waals surface area contributed by atoms with Crippen molar-refractivity contribution >= 4 is 50.4 Å². The largest absolute Gasteiger partial charge is 0.494 e. The number of amides is 1. The number of methoxy groups -OCH3 is 1. The molecule has 0 unspecified atom stereocenters. The molecule has 3 rings (SSSR count). The lowest BCUT2D eigenvalue weighted by Crippen LogP contribution is -2.13. The van der Waals surface area contributed by atoms with Gasteiger partial charge in [-0.15, -0.1) is 0 Å². The molecule has 1 N–H and O–H groups in total. The summed E-state index contributed by atoms with van der Waals surface area (Å²) in [5.41, 5.74) is 1.72. The van der Waals surface area contributed by atoms with Crippen LogP contribution in [-0.2, 0) is 14.9 Å². The molecule has 0 atom stereocenters. The highest BCUT2D eigenvalue weighted by Gasteiger charge is 2.22. The average molecular weight is 618 g/mol. The Hall–Kier alpha value is -3.56. The van der Waals surface area contributed by atoms with Crippen LogP contribution in [-0.4, -0.2) is 28.0 Å². The molecule has 0 saturated carbocycles. The zero-order valence-corrected chi connectivity index (χ0v) is 22.7. The lowest BCUT2D eigenvalue weighted by Gasteiger charge is -2.14. The van der Waals surface area contributed by atoms with E-state index in [9.17, 15) is 18.5 Å². The van der Waals surface area contributed by atoms with E-state index < -0.39 is 16.0 Å². The first kappa shape index (κ1) is 27.0. The molecule has 10 heteroatoms. The maximum Gasteiger partial charge on any atom is 0.339 e. The Morgan fingerprint density at radius 2 is 1.78 bits per heavy atom. The maximum absolute atomic E-state index is 12.8. The monoisotopic (exact) mass is 618 g/mol. The zero-order chi connectivity index (χ0) is 26.3. The highest BCUT2D eigenvalue weighted by molar-refractivity contribution is 14.1. The van der Waals surface area contributed by atoms with Crippen LogP contribution in [0.15, 0.2) is 71.1 Å². The summed E-state index contributed by atoms with van der Waals surface area (Å²) in [7, 11) is -2.74. The Bertz CT molecular complexity index is 1430. The van der Waals surface area contributed by atoms with Crippen LogP contribution in [0.1, 0.15) is 18.1 Å². The van der Waals surface area contributed by atoms with Gasteiger partial charge < -0.3 is 19.0 Å². The van der Waals surface area contributed by atoms with Gasteiger partial charge in [0.1, 0.15) is 22.3 Å². The van der Waals surface area contributed by atoms with Gasteiger partial charge in [0.2, 0.25) is 0 Å². The third-order valence-electron chi connectivity index (χ3n) is 4.85. The van der Waals surface area contributed by atoms with E-state index in [-0.39, 0.29) is 22.0 Å². The van der Waals surface area contributed by atoms with Gasteiger partial charge in [0.15, 0.2) is 11.5 Å². The minimum atomic E-state index is -4.11. The molecular formula is C26H23IN2O6S. The standard InChI is InChI=1S/C26H23IN2O6S/c1-4-34-21-9-7-20(8-10-21)29-26(30)19(16-28)13-18-14-23(27)25(24(15-18)33-3)35-36(31,32)22-11-5-17(2)6-12-22/h5-15H,4H2,1-3H3,(H,29,30)/b19-13+. The van der Waals surface area contributed by atoms with Gasteiger partial charge in [0, 0.05) is 5.69 Å². The molecule has 3 aromatic carbocycles. The van der Waals surface area contributed by atoms with E-state index in [1.54, 1.807) is 42.5 Å². The Morgan fingerprint density at radius 1 is 1.11 bits per heavy atom. The fourth-order valence-electron chi connectivity index (χ4n) is 3.08. The van der Waals surface area contributed by atoms with Crippen LogP contribution < -0.4 is 19.0 Å². The van der Waals surface area contributed by atoms with Crippen LogP contribution in [0.25, 0.3) is 6.08 Å². The Balaban J connectivity index is 1.86. The minimum absolute atomic E-state index is 0.00709. The quantitative estimate of drug-likeness (QED) is 0.149. The second-order valence-electron chi connectivity index (χ2n) is 7.47.